The molecule has 1 aromatic carbocycles. The van der Waals surface area contributed by atoms with Crippen molar-refractivity contribution in [3.05, 3.63) is 24.3 Å². The molecule has 0 amide bonds. The molecule has 1 aromatic rings. The highest BCUT2D eigenvalue weighted by molar-refractivity contribution is 7.89. The number of benzene rings is 1. The molecule has 6 nitrogen and oxygen atoms in total. The quantitative estimate of drug-likeness (QED) is 0.757. The lowest BCUT2D eigenvalue weighted by atomic mass is 10.3. The second-order valence-corrected chi connectivity index (χ2v) is 7.16. The highest BCUT2D eigenvalue weighted by atomic mass is 32.3. The molecule has 1 rings (SSSR count). The van der Waals surface area contributed by atoms with Crippen molar-refractivity contribution in [2.24, 2.45) is 0 Å². The smallest absolute Gasteiger partial charge is 0.332 e. The van der Waals surface area contributed by atoms with Gasteiger partial charge in [-0.05, 0) is 24.6 Å². The monoisotopic (exact) mass is 325 g/mol. The summed E-state index contributed by atoms with van der Waals surface area (Å²) in [4.78, 5) is -1.01. The largest absolute Gasteiger partial charge is 0.383 e. The average Bonchev–Trinajstić information content (AvgIpc) is 2.37. The van der Waals surface area contributed by atoms with Gasteiger partial charge < -0.3 is 4.74 Å². The molecule has 0 saturated carbocycles. The minimum atomic E-state index is -4.95. The fraction of sp³-hybridized carbons (Fsp3) is 0.455. The van der Waals surface area contributed by atoms with E-state index in [4.69, 9.17) is 4.74 Å². The zero-order chi connectivity index (χ0) is 15.4. The van der Waals surface area contributed by atoms with Crippen LogP contribution in [0.4, 0.5) is 3.89 Å². The van der Waals surface area contributed by atoms with Gasteiger partial charge >= 0.3 is 10.2 Å². The first-order valence-corrected chi connectivity index (χ1v) is 8.63. The first kappa shape index (κ1) is 17.0. The summed E-state index contributed by atoms with van der Waals surface area (Å²) in [5, 5.41) is 0. The molecule has 0 heterocycles. The summed E-state index contributed by atoms with van der Waals surface area (Å²) >= 11 is 0. The molecule has 1 unspecified atom stereocenters. The van der Waals surface area contributed by atoms with Gasteiger partial charge in [0.2, 0.25) is 10.0 Å². The Balaban J connectivity index is 3.10. The third-order valence-corrected chi connectivity index (χ3v) is 4.91. The van der Waals surface area contributed by atoms with E-state index in [1.807, 2.05) is 0 Å². The number of ether oxygens (including phenoxy) is 1. The molecule has 0 spiro atoms. The van der Waals surface area contributed by atoms with Crippen LogP contribution in [0.3, 0.4) is 0 Å². The van der Waals surface area contributed by atoms with Gasteiger partial charge in [0.25, 0.3) is 0 Å². The molecular formula is C11H16FNO5S2. The van der Waals surface area contributed by atoms with E-state index < -0.39 is 31.2 Å². The predicted molar refractivity (Wildman–Crippen MR) is 71.0 cm³/mol. The Labute approximate surface area is 118 Å². The fourth-order valence-electron chi connectivity index (χ4n) is 1.52. The zero-order valence-corrected chi connectivity index (χ0v) is 12.7. The molecule has 0 aromatic heterocycles. The highest BCUT2D eigenvalue weighted by Crippen LogP contribution is 2.17. The third kappa shape index (κ3) is 4.51. The van der Waals surface area contributed by atoms with Crippen molar-refractivity contribution >= 4 is 20.2 Å². The summed E-state index contributed by atoms with van der Waals surface area (Å²) in [6.07, 6.45) is 0.494. The summed E-state index contributed by atoms with van der Waals surface area (Å²) in [6.45, 7) is 1.95. The van der Waals surface area contributed by atoms with E-state index >= 15 is 0 Å². The van der Waals surface area contributed by atoms with Gasteiger partial charge in [-0.2, -0.15) is 8.42 Å². The molecule has 0 aliphatic rings. The van der Waals surface area contributed by atoms with Crippen molar-refractivity contribution < 1.29 is 25.5 Å². The molecule has 0 aliphatic heterocycles. The number of methoxy groups -OCH3 is 1. The Bertz CT molecular complexity index is 657. The van der Waals surface area contributed by atoms with E-state index in [0.717, 1.165) is 18.2 Å². The van der Waals surface area contributed by atoms with Crippen molar-refractivity contribution in [2.45, 2.75) is 29.2 Å². The molecular weight excluding hydrogens is 309 g/mol. The van der Waals surface area contributed by atoms with Crippen LogP contribution in [0.2, 0.25) is 0 Å². The second-order valence-electron chi connectivity index (χ2n) is 4.09. The predicted octanol–water partition coefficient (Wildman–Crippen LogP) is 1.05. The van der Waals surface area contributed by atoms with E-state index in [-0.39, 0.29) is 11.5 Å². The van der Waals surface area contributed by atoms with Gasteiger partial charge in [0.15, 0.2) is 0 Å². The lowest BCUT2D eigenvalue weighted by molar-refractivity contribution is 0.173. The van der Waals surface area contributed by atoms with E-state index in [9.17, 15) is 20.7 Å². The number of hydrogen-bond acceptors (Lipinski definition) is 5. The summed E-state index contributed by atoms with van der Waals surface area (Å²) in [6, 6.07) is 3.67. The first-order chi connectivity index (χ1) is 9.20. The van der Waals surface area contributed by atoms with Crippen LogP contribution < -0.4 is 4.72 Å². The maximum absolute atomic E-state index is 12.9. The van der Waals surface area contributed by atoms with Gasteiger partial charge in [0.1, 0.15) is 0 Å². The van der Waals surface area contributed by atoms with Gasteiger partial charge in [-0.1, -0.05) is 13.0 Å². The molecule has 1 atom stereocenters. The highest BCUT2D eigenvalue weighted by Gasteiger charge is 2.21. The molecule has 114 valence electrons. The first-order valence-electron chi connectivity index (χ1n) is 5.76. The van der Waals surface area contributed by atoms with E-state index in [1.165, 1.54) is 13.2 Å². The van der Waals surface area contributed by atoms with E-state index in [0.29, 0.717) is 6.42 Å². The van der Waals surface area contributed by atoms with Gasteiger partial charge in [-0.3, -0.25) is 0 Å². The van der Waals surface area contributed by atoms with Crippen molar-refractivity contribution in [2.75, 3.05) is 13.7 Å². The van der Waals surface area contributed by atoms with Crippen molar-refractivity contribution in [3.63, 3.8) is 0 Å². The summed E-state index contributed by atoms with van der Waals surface area (Å²) in [5.74, 6) is 0. The topological polar surface area (TPSA) is 89.5 Å². The Hall–Kier alpha value is -1.03. The van der Waals surface area contributed by atoms with Crippen molar-refractivity contribution in [1.29, 1.82) is 0 Å². The van der Waals surface area contributed by atoms with Crippen LogP contribution in [-0.2, 0) is 25.0 Å². The van der Waals surface area contributed by atoms with Gasteiger partial charge in [-0.25, -0.2) is 13.1 Å². The number of halogens is 1. The van der Waals surface area contributed by atoms with Gasteiger partial charge in [-0.15, -0.1) is 3.89 Å². The summed E-state index contributed by atoms with van der Waals surface area (Å²) in [7, 11) is -7.45. The molecule has 0 bridgehead atoms. The Morgan fingerprint density at radius 3 is 2.35 bits per heavy atom. The molecule has 0 saturated heterocycles. The number of hydrogen-bond donors (Lipinski definition) is 1. The lowest BCUT2D eigenvalue weighted by Gasteiger charge is -2.16. The Kier molecular flexibility index (Phi) is 5.63. The summed E-state index contributed by atoms with van der Waals surface area (Å²) < 4.78 is 65.8. The SMILES string of the molecule is CCC(COC)NS(=O)(=O)c1cccc(S(=O)(=O)F)c1. The molecule has 1 N–H and O–H groups in total. The van der Waals surface area contributed by atoms with Crippen molar-refractivity contribution in [1.82, 2.24) is 4.72 Å². The number of sulfonamides is 1. The van der Waals surface area contributed by atoms with Crippen molar-refractivity contribution in [3.8, 4) is 0 Å². The molecule has 20 heavy (non-hydrogen) atoms. The number of rotatable bonds is 7. The maximum Gasteiger partial charge on any atom is 0.332 e. The van der Waals surface area contributed by atoms with E-state index in [1.54, 1.807) is 6.92 Å². The lowest BCUT2D eigenvalue weighted by Crippen LogP contribution is -2.37. The fourth-order valence-corrected chi connectivity index (χ4v) is 3.45. The Morgan fingerprint density at radius 1 is 1.25 bits per heavy atom. The van der Waals surface area contributed by atoms with Crippen LogP contribution in [-0.4, -0.2) is 36.6 Å². The maximum atomic E-state index is 12.9. The summed E-state index contributed by atoms with van der Waals surface area (Å²) in [5.41, 5.74) is 0. The Morgan fingerprint density at radius 2 is 1.85 bits per heavy atom. The van der Waals surface area contributed by atoms with Crippen LogP contribution in [0, 0.1) is 0 Å². The van der Waals surface area contributed by atoms with Crippen LogP contribution in [0.1, 0.15) is 13.3 Å². The van der Waals surface area contributed by atoms with E-state index in [2.05, 4.69) is 4.72 Å². The molecule has 0 fully saturated rings. The third-order valence-electron chi connectivity index (χ3n) is 2.58. The van der Waals surface area contributed by atoms with Gasteiger partial charge in [0.05, 0.1) is 16.4 Å². The second kappa shape index (κ2) is 6.61. The molecule has 0 aliphatic carbocycles. The normalized spacial score (nSPS) is 14.2. The molecule has 9 heteroatoms. The zero-order valence-electron chi connectivity index (χ0n) is 11.0. The van der Waals surface area contributed by atoms with Crippen LogP contribution in [0.5, 0.6) is 0 Å². The van der Waals surface area contributed by atoms with Crippen LogP contribution in [0.15, 0.2) is 34.1 Å². The standard InChI is InChI=1S/C11H16FNO5S2/c1-3-9(8-18-2)13-20(16,17)11-6-4-5-10(7-11)19(12,14)15/h4-7,9,13H,3,8H2,1-2H3. The van der Waals surface area contributed by atoms with Gasteiger partial charge in [0, 0.05) is 13.2 Å². The van der Waals surface area contributed by atoms with Crippen LogP contribution in [0.25, 0.3) is 0 Å². The minimum Gasteiger partial charge on any atom is -0.383 e. The minimum absolute atomic E-state index is 0.177. The molecule has 0 radical (unpaired) electrons. The number of nitrogens with one attached hydrogen (secondary N) is 1. The average molecular weight is 325 g/mol. The van der Waals surface area contributed by atoms with Crippen LogP contribution >= 0.6 is 0 Å².